The van der Waals surface area contributed by atoms with Crippen LogP contribution in [0.1, 0.15) is 36.4 Å². The maximum atomic E-state index is 9.49. The van der Waals surface area contributed by atoms with Crippen molar-refractivity contribution in [3.63, 3.8) is 0 Å². The van der Waals surface area contributed by atoms with Crippen molar-refractivity contribution in [2.75, 3.05) is 6.54 Å². The summed E-state index contributed by atoms with van der Waals surface area (Å²) in [6.07, 6.45) is 10.2. The lowest BCUT2D eigenvalue weighted by Crippen LogP contribution is -2.20. The molecule has 4 nitrogen and oxygen atoms in total. The van der Waals surface area contributed by atoms with Crippen LogP contribution in [0.5, 0.6) is 5.75 Å². The second kappa shape index (κ2) is 6.09. The van der Waals surface area contributed by atoms with E-state index in [1.807, 2.05) is 24.8 Å². The fraction of sp³-hybridized carbons (Fsp3) is 0.438. The maximum absolute atomic E-state index is 9.49. The number of hydrogen-bond donors (Lipinski definition) is 2. The summed E-state index contributed by atoms with van der Waals surface area (Å²) in [7, 11) is 0. The van der Waals surface area contributed by atoms with Crippen LogP contribution in [0.4, 0.5) is 0 Å². The van der Waals surface area contributed by atoms with Crippen molar-refractivity contribution in [2.24, 2.45) is 0 Å². The first-order valence-electron chi connectivity index (χ1n) is 7.34. The average molecular weight is 271 g/mol. The monoisotopic (exact) mass is 271 g/mol. The molecule has 2 N–H and O–H groups in total. The minimum absolute atomic E-state index is 0.379. The number of aromatic hydroxyl groups is 1. The van der Waals surface area contributed by atoms with Crippen LogP contribution in [0.25, 0.3) is 0 Å². The number of rotatable bonds is 6. The third kappa shape index (κ3) is 3.02. The summed E-state index contributed by atoms with van der Waals surface area (Å²) >= 11 is 0. The molecule has 0 amide bonds. The van der Waals surface area contributed by atoms with Crippen molar-refractivity contribution in [2.45, 2.75) is 38.3 Å². The number of nitrogens with zero attached hydrogens (tertiary/aromatic N) is 2. The van der Waals surface area contributed by atoms with Crippen LogP contribution in [-0.4, -0.2) is 21.2 Å². The van der Waals surface area contributed by atoms with Gasteiger partial charge in [-0.15, -0.1) is 0 Å². The van der Waals surface area contributed by atoms with Gasteiger partial charge in [0.05, 0.1) is 6.33 Å². The smallest absolute Gasteiger partial charge is 0.115 e. The molecule has 0 saturated carbocycles. The first-order valence-corrected chi connectivity index (χ1v) is 7.34. The Morgan fingerprint density at radius 3 is 3.15 bits per heavy atom. The predicted molar refractivity (Wildman–Crippen MR) is 78.6 cm³/mol. The second-order valence-electron chi connectivity index (χ2n) is 5.44. The van der Waals surface area contributed by atoms with E-state index in [1.54, 1.807) is 6.07 Å². The topological polar surface area (TPSA) is 50.1 Å². The van der Waals surface area contributed by atoms with Gasteiger partial charge in [-0.1, -0.05) is 6.07 Å². The summed E-state index contributed by atoms with van der Waals surface area (Å²) in [6.45, 7) is 2.08. The molecule has 1 unspecified atom stereocenters. The Morgan fingerprint density at radius 2 is 2.30 bits per heavy atom. The molecule has 1 aliphatic carbocycles. The molecule has 4 heteroatoms. The van der Waals surface area contributed by atoms with Gasteiger partial charge >= 0.3 is 0 Å². The average Bonchev–Trinajstić information content (AvgIpc) is 3.08. The van der Waals surface area contributed by atoms with E-state index in [0.29, 0.717) is 11.8 Å². The maximum Gasteiger partial charge on any atom is 0.115 e. The number of hydrogen-bond acceptors (Lipinski definition) is 3. The van der Waals surface area contributed by atoms with Gasteiger partial charge in [-0.25, -0.2) is 4.98 Å². The molecule has 0 radical (unpaired) electrons. The van der Waals surface area contributed by atoms with E-state index in [0.717, 1.165) is 25.9 Å². The number of nitrogens with one attached hydrogen (secondary N) is 1. The normalized spacial score (nSPS) is 17.3. The Hall–Kier alpha value is -1.81. The third-order valence-corrected chi connectivity index (χ3v) is 4.00. The summed E-state index contributed by atoms with van der Waals surface area (Å²) in [5, 5.41) is 13.1. The molecular formula is C16H21N3O. The molecule has 0 saturated heterocycles. The molecular weight excluding hydrogens is 250 g/mol. The first kappa shape index (κ1) is 13.2. The highest BCUT2D eigenvalue weighted by molar-refractivity contribution is 5.39. The Balaban J connectivity index is 1.42. The molecule has 0 bridgehead atoms. The quantitative estimate of drug-likeness (QED) is 0.794. The fourth-order valence-electron chi connectivity index (χ4n) is 2.93. The number of benzene rings is 1. The molecule has 20 heavy (non-hydrogen) atoms. The largest absolute Gasteiger partial charge is 0.508 e. The van der Waals surface area contributed by atoms with Gasteiger partial charge in [0.2, 0.25) is 0 Å². The van der Waals surface area contributed by atoms with Gasteiger partial charge in [0.1, 0.15) is 5.75 Å². The van der Waals surface area contributed by atoms with Gasteiger partial charge < -0.3 is 15.0 Å². The third-order valence-electron chi connectivity index (χ3n) is 4.00. The number of phenols is 1. The SMILES string of the molecule is Oc1ccc2c(c1)CCC2NCCCCn1ccnc1. The van der Waals surface area contributed by atoms with E-state index in [4.69, 9.17) is 0 Å². The van der Waals surface area contributed by atoms with Gasteiger partial charge in [-0.2, -0.15) is 0 Å². The van der Waals surface area contributed by atoms with Crippen molar-refractivity contribution in [1.82, 2.24) is 14.9 Å². The summed E-state index contributed by atoms with van der Waals surface area (Å²) in [4.78, 5) is 4.04. The lowest BCUT2D eigenvalue weighted by Gasteiger charge is -2.14. The summed E-state index contributed by atoms with van der Waals surface area (Å²) in [6, 6.07) is 6.20. The molecule has 1 atom stereocenters. The van der Waals surface area contributed by atoms with Crippen LogP contribution < -0.4 is 5.32 Å². The zero-order valence-electron chi connectivity index (χ0n) is 11.6. The summed E-state index contributed by atoms with van der Waals surface area (Å²) in [5.74, 6) is 0.379. The number of unbranched alkanes of at least 4 members (excludes halogenated alkanes) is 1. The summed E-state index contributed by atoms with van der Waals surface area (Å²) in [5.41, 5.74) is 2.65. The lowest BCUT2D eigenvalue weighted by molar-refractivity contribution is 0.474. The van der Waals surface area contributed by atoms with Crippen LogP contribution in [0.3, 0.4) is 0 Å². The number of imidazole rings is 1. The molecule has 0 spiro atoms. The molecule has 106 valence electrons. The lowest BCUT2D eigenvalue weighted by atomic mass is 10.1. The van der Waals surface area contributed by atoms with E-state index in [2.05, 4.69) is 20.9 Å². The minimum atomic E-state index is 0.379. The number of aromatic nitrogens is 2. The van der Waals surface area contributed by atoms with Crippen molar-refractivity contribution < 1.29 is 5.11 Å². The zero-order valence-corrected chi connectivity index (χ0v) is 11.6. The highest BCUT2D eigenvalue weighted by Crippen LogP contribution is 2.33. The van der Waals surface area contributed by atoms with Crippen molar-refractivity contribution in [3.05, 3.63) is 48.0 Å². The van der Waals surface area contributed by atoms with Crippen molar-refractivity contribution in [1.29, 1.82) is 0 Å². The molecule has 1 heterocycles. The van der Waals surface area contributed by atoms with Crippen molar-refractivity contribution >= 4 is 0 Å². The Bertz CT molecular complexity index is 551. The molecule has 0 fully saturated rings. The molecule has 1 aliphatic rings. The molecule has 1 aromatic carbocycles. The number of phenolic OH excluding ortho intramolecular Hbond substituents is 1. The second-order valence-corrected chi connectivity index (χ2v) is 5.44. The Kier molecular flexibility index (Phi) is 4.02. The van der Waals surface area contributed by atoms with E-state index >= 15 is 0 Å². The fourth-order valence-corrected chi connectivity index (χ4v) is 2.93. The molecule has 1 aromatic heterocycles. The van der Waals surface area contributed by atoms with E-state index < -0.39 is 0 Å². The van der Waals surface area contributed by atoms with Crippen LogP contribution in [0, 0.1) is 0 Å². The molecule has 3 rings (SSSR count). The van der Waals surface area contributed by atoms with E-state index in [1.165, 1.54) is 24.0 Å². The Morgan fingerprint density at radius 1 is 1.35 bits per heavy atom. The standard InChI is InChI=1S/C16H21N3O/c20-14-4-5-15-13(11-14)3-6-16(15)18-7-1-2-9-19-10-8-17-12-19/h4-5,8,10-12,16,18,20H,1-3,6-7,9H2. The Labute approximate surface area is 119 Å². The van der Waals surface area contributed by atoms with E-state index in [-0.39, 0.29) is 0 Å². The van der Waals surface area contributed by atoms with Crippen LogP contribution in [0.15, 0.2) is 36.9 Å². The highest BCUT2D eigenvalue weighted by atomic mass is 16.3. The molecule has 2 aromatic rings. The van der Waals surface area contributed by atoms with Gasteiger partial charge in [0, 0.05) is 25.0 Å². The van der Waals surface area contributed by atoms with Gasteiger partial charge in [0.25, 0.3) is 0 Å². The van der Waals surface area contributed by atoms with Crippen LogP contribution in [-0.2, 0) is 13.0 Å². The minimum Gasteiger partial charge on any atom is -0.508 e. The van der Waals surface area contributed by atoms with Crippen LogP contribution in [0.2, 0.25) is 0 Å². The van der Waals surface area contributed by atoms with E-state index in [9.17, 15) is 5.11 Å². The van der Waals surface area contributed by atoms with Gasteiger partial charge in [0.15, 0.2) is 0 Å². The number of aryl methyl sites for hydroxylation is 2. The van der Waals surface area contributed by atoms with Gasteiger partial charge in [-0.3, -0.25) is 0 Å². The van der Waals surface area contributed by atoms with Crippen molar-refractivity contribution in [3.8, 4) is 5.75 Å². The van der Waals surface area contributed by atoms with Crippen LogP contribution >= 0.6 is 0 Å². The predicted octanol–water partition coefficient (Wildman–Crippen LogP) is 2.65. The highest BCUT2D eigenvalue weighted by Gasteiger charge is 2.21. The van der Waals surface area contributed by atoms with Gasteiger partial charge in [-0.05, 0) is 55.5 Å². The zero-order chi connectivity index (χ0) is 13.8. The summed E-state index contributed by atoms with van der Waals surface area (Å²) < 4.78 is 2.12. The molecule has 0 aliphatic heterocycles. The number of fused-ring (bicyclic) bond motifs is 1. The first-order chi connectivity index (χ1) is 9.83.